The number of ether oxygens (including phenoxy) is 1. The maximum absolute atomic E-state index is 13.2. The predicted octanol–water partition coefficient (Wildman–Crippen LogP) is 5.16. The number of halogens is 2. The number of hydrogen-bond donors (Lipinski definition) is 0. The van der Waals surface area contributed by atoms with Crippen LogP contribution in [0.25, 0.3) is 10.2 Å². The van der Waals surface area contributed by atoms with Gasteiger partial charge in [0.15, 0.2) is 15.0 Å². The summed E-state index contributed by atoms with van der Waals surface area (Å²) in [5.74, 6) is -0.906. The SMILES string of the molecule is Cc1cc(Cl)cc2sc(N(CC3CCCO3)C(=O)CCCS(=O)(=O)c3ccc(F)cc3)nc12. The molecule has 0 aliphatic carbocycles. The minimum absolute atomic E-state index is 0.0445. The lowest BCUT2D eigenvalue weighted by molar-refractivity contribution is -0.119. The van der Waals surface area contributed by atoms with Gasteiger partial charge in [0.25, 0.3) is 0 Å². The number of rotatable bonds is 8. The Morgan fingerprint density at radius 2 is 2.06 bits per heavy atom. The number of nitrogens with zero attached hydrogens (tertiary/aromatic N) is 2. The standard InChI is InChI=1S/C23H24ClFN2O4S2/c1-15-12-16(24)13-20-22(15)26-23(32-20)27(14-18-4-2-10-31-18)21(28)5-3-11-33(29,30)19-8-6-17(25)7-9-19/h6-9,12-13,18H,2-5,10-11,14H2,1H3. The molecule has 1 saturated heterocycles. The highest BCUT2D eigenvalue weighted by molar-refractivity contribution is 7.91. The van der Waals surface area contributed by atoms with E-state index in [-0.39, 0.29) is 35.5 Å². The van der Waals surface area contributed by atoms with Crippen LogP contribution in [0.4, 0.5) is 9.52 Å². The van der Waals surface area contributed by atoms with Gasteiger partial charge in [0.2, 0.25) is 5.91 Å². The number of anilines is 1. The molecule has 0 radical (unpaired) electrons. The lowest BCUT2D eigenvalue weighted by Crippen LogP contribution is -2.37. The van der Waals surface area contributed by atoms with Crippen molar-refractivity contribution in [3.05, 3.63) is 52.8 Å². The van der Waals surface area contributed by atoms with Crippen LogP contribution in [0.1, 0.15) is 31.2 Å². The van der Waals surface area contributed by atoms with Gasteiger partial charge in [0, 0.05) is 18.1 Å². The summed E-state index contributed by atoms with van der Waals surface area (Å²) in [5, 5.41) is 1.16. The topological polar surface area (TPSA) is 76.6 Å². The molecule has 0 saturated carbocycles. The molecule has 10 heteroatoms. The first kappa shape index (κ1) is 24.1. The molecule has 1 aromatic heterocycles. The summed E-state index contributed by atoms with van der Waals surface area (Å²) < 4.78 is 44.8. The molecule has 33 heavy (non-hydrogen) atoms. The van der Waals surface area contributed by atoms with Crippen LogP contribution in [0.2, 0.25) is 5.02 Å². The second-order valence-electron chi connectivity index (χ2n) is 8.08. The maximum Gasteiger partial charge on any atom is 0.228 e. The Labute approximate surface area is 201 Å². The molecular formula is C23H24ClFN2O4S2. The van der Waals surface area contributed by atoms with E-state index in [0.29, 0.717) is 23.3 Å². The largest absolute Gasteiger partial charge is 0.376 e. The van der Waals surface area contributed by atoms with Gasteiger partial charge in [-0.1, -0.05) is 22.9 Å². The molecule has 1 unspecified atom stereocenters. The van der Waals surface area contributed by atoms with E-state index in [1.165, 1.54) is 23.5 Å². The number of fused-ring (bicyclic) bond motifs is 1. The lowest BCUT2D eigenvalue weighted by atomic mass is 10.2. The Bertz CT molecular complexity index is 1260. The Kier molecular flexibility index (Phi) is 7.33. The summed E-state index contributed by atoms with van der Waals surface area (Å²) in [5.41, 5.74) is 1.72. The van der Waals surface area contributed by atoms with E-state index >= 15 is 0 Å². The zero-order valence-corrected chi connectivity index (χ0v) is 20.5. The van der Waals surface area contributed by atoms with Crippen LogP contribution in [0.3, 0.4) is 0 Å². The van der Waals surface area contributed by atoms with Crippen molar-refractivity contribution in [3.63, 3.8) is 0 Å². The van der Waals surface area contributed by atoms with Crippen LogP contribution in [0.5, 0.6) is 0 Å². The molecule has 6 nitrogen and oxygen atoms in total. The molecule has 2 aromatic carbocycles. The third kappa shape index (κ3) is 5.71. The zero-order chi connectivity index (χ0) is 23.6. The van der Waals surface area contributed by atoms with Crippen LogP contribution in [-0.2, 0) is 19.4 Å². The second kappa shape index (κ2) is 10.0. The molecule has 0 N–H and O–H groups in total. The van der Waals surface area contributed by atoms with Crippen LogP contribution in [0, 0.1) is 12.7 Å². The highest BCUT2D eigenvalue weighted by Gasteiger charge is 2.27. The van der Waals surface area contributed by atoms with Gasteiger partial charge >= 0.3 is 0 Å². The average molecular weight is 511 g/mol. The van der Waals surface area contributed by atoms with E-state index in [1.54, 1.807) is 4.90 Å². The smallest absolute Gasteiger partial charge is 0.228 e. The van der Waals surface area contributed by atoms with Crippen molar-refractivity contribution >= 4 is 54.0 Å². The molecule has 4 rings (SSSR count). The first-order chi connectivity index (χ1) is 15.7. The first-order valence-corrected chi connectivity index (χ1v) is 13.5. The molecule has 1 aliphatic heterocycles. The zero-order valence-electron chi connectivity index (χ0n) is 18.1. The van der Waals surface area contributed by atoms with Gasteiger partial charge in [-0.05, 0) is 68.1 Å². The Morgan fingerprint density at radius 3 is 2.76 bits per heavy atom. The molecule has 1 fully saturated rings. The average Bonchev–Trinajstić information content (AvgIpc) is 3.42. The number of sulfone groups is 1. The van der Waals surface area contributed by atoms with Crippen molar-refractivity contribution in [2.45, 2.75) is 43.6 Å². The molecule has 176 valence electrons. The molecule has 0 bridgehead atoms. The second-order valence-corrected chi connectivity index (χ2v) is 11.6. The van der Waals surface area contributed by atoms with Gasteiger partial charge in [-0.15, -0.1) is 0 Å². The number of thiazole rings is 1. The Morgan fingerprint density at radius 1 is 1.30 bits per heavy atom. The number of hydrogen-bond acceptors (Lipinski definition) is 6. The fourth-order valence-electron chi connectivity index (χ4n) is 3.84. The van der Waals surface area contributed by atoms with Crippen molar-refractivity contribution in [3.8, 4) is 0 Å². The summed E-state index contributed by atoms with van der Waals surface area (Å²) in [6.45, 7) is 2.96. The molecule has 2 heterocycles. The predicted molar refractivity (Wildman–Crippen MR) is 128 cm³/mol. The number of aromatic nitrogens is 1. The summed E-state index contributed by atoms with van der Waals surface area (Å²) in [6.07, 6.45) is 1.92. The fourth-order valence-corrected chi connectivity index (χ4v) is 6.60. The highest BCUT2D eigenvalue weighted by Crippen LogP contribution is 2.34. The van der Waals surface area contributed by atoms with Gasteiger partial charge in [0.05, 0.1) is 33.5 Å². The van der Waals surface area contributed by atoms with Crippen molar-refractivity contribution in [2.24, 2.45) is 0 Å². The van der Waals surface area contributed by atoms with Gasteiger partial charge in [-0.25, -0.2) is 17.8 Å². The summed E-state index contributed by atoms with van der Waals surface area (Å²) in [7, 11) is -3.61. The van der Waals surface area contributed by atoms with Gasteiger partial charge < -0.3 is 4.74 Å². The normalized spacial score (nSPS) is 16.4. The minimum atomic E-state index is -3.61. The Hall–Kier alpha value is -2.07. The van der Waals surface area contributed by atoms with E-state index in [2.05, 4.69) is 4.98 Å². The molecule has 1 atom stereocenters. The van der Waals surface area contributed by atoms with Gasteiger partial charge in [0.1, 0.15) is 5.82 Å². The number of carbonyl (C=O) groups is 1. The molecular weight excluding hydrogens is 487 g/mol. The van der Waals surface area contributed by atoms with Crippen LogP contribution in [0.15, 0.2) is 41.3 Å². The fraction of sp³-hybridized carbons (Fsp3) is 0.391. The Balaban J connectivity index is 1.50. The van der Waals surface area contributed by atoms with E-state index in [9.17, 15) is 17.6 Å². The van der Waals surface area contributed by atoms with Crippen molar-refractivity contribution < 1.29 is 22.3 Å². The van der Waals surface area contributed by atoms with Crippen LogP contribution >= 0.6 is 22.9 Å². The quantitative estimate of drug-likeness (QED) is 0.391. The summed E-state index contributed by atoms with van der Waals surface area (Å²) >= 11 is 7.57. The third-order valence-electron chi connectivity index (χ3n) is 5.56. The third-order valence-corrected chi connectivity index (χ3v) is 8.62. The van der Waals surface area contributed by atoms with Crippen LogP contribution < -0.4 is 4.90 Å². The van der Waals surface area contributed by atoms with Crippen molar-refractivity contribution in [2.75, 3.05) is 23.8 Å². The molecule has 1 amide bonds. The minimum Gasteiger partial charge on any atom is -0.376 e. The van der Waals surface area contributed by atoms with Crippen molar-refractivity contribution in [1.29, 1.82) is 0 Å². The first-order valence-electron chi connectivity index (χ1n) is 10.7. The van der Waals surface area contributed by atoms with E-state index in [4.69, 9.17) is 16.3 Å². The summed E-state index contributed by atoms with van der Waals surface area (Å²) in [4.78, 5) is 19.5. The lowest BCUT2D eigenvalue weighted by Gasteiger charge is -2.23. The van der Waals surface area contributed by atoms with Crippen LogP contribution in [-0.4, -0.2) is 44.3 Å². The summed E-state index contributed by atoms with van der Waals surface area (Å²) in [6, 6.07) is 8.37. The number of benzene rings is 2. The van der Waals surface area contributed by atoms with Gasteiger partial charge in [-0.2, -0.15) is 0 Å². The molecule has 3 aromatic rings. The number of amides is 1. The van der Waals surface area contributed by atoms with E-state index < -0.39 is 15.7 Å². The maximum atomic E-state index is 13.2. The van der Waals surface area contributed by atoms with E-state index in [1.807, 2.05) is 19.1 Å². The van der Waals surface area contributed by atoms with E-state index in [0.717, 1.165) is 40.8 Å². The monoisotopic (exact) mass is 510 g/mol. The molecule has 0 spiro atoms. The molecule has 1 aliphatic rings. The van der Waals surface area contributed by atoms with Crippen molar-refractivity contribution in [1.82, 2.24) is 4.98 Å². The number of aryl methyl sites for hydroxylation is 1. The number of carbonyl (C=O) groups excluding carboxylic acids is 1. The van der Waals surface area contributed by atoms with Gasteiger partial charge in [-0.3, -0.25) is 9.69 Å². The highest BCUT2D eigenvalue weighted by atomic mass is 35.5.